The van der Waals surface area contributed by atoms with Crippen molar-refractivity contribution in [3.05, 3.63) is 29.8 Å². The normalized spacial score (nSPS) is 17.9. The predicted octanol–water partition coefficient (Wildman–Crippen LogP) is 4.07. The fourth-order valence-electron chi connectivity index (χ4n) is 2.88. The minimum absolute atomic E-state index is 0.0540. The average Bonchev–Trinajstić information content (AvgIpc) is 2.48. The van der Waals surface area contributed by atoms with Crippen LogP contribution in [0.5, 0.6) is 5.75 Å². The Balaban J connectivity index is 1.73. The van der Waals surface area contributed by atoms with Gasteiger partial charge in [-0.05, 0) is 50.3 Å². The summed E-state index contributed by atoms with van der Waals surface area (Å²) in [6.07, 6.45) is 6.94. The minimum Gasteiger partial charge on any atom is -0.491 e. The predicted molar refractivity (Wildman–Crippen MR) is 86.5 cm³/mol. The number of rotatable bonds is 7. The second-order valence-corrected chi connectivity index (χ2v) is 6.38. The summed E-state index contributed by atoms with van der Waals surface area (Å²) in [6.45, 7) is 5.51. The largest absolute Gasteiger partial charge is 0.491 e. The van der Waals surface area contributed by atoms with E-state index in [2.05, 4.69) is 0 Å². The summed E-state index contributed by atoms with van der Waals surface area (Å²) in [5, 5.41) is 0. The first-order chi connectivity index (χ1) is 10.1. The smallest absolute Gasteiger partial charge is 0.119 e. The van der Waals surface area contributed by atoms with Gasteiger partial charge >= 0.3 is 0 Å². The molecule has 21 heavy (non-hydrogen) atoms. The van der Waals surface area contributed by atoms with Crippen molar-refractivity contribution in [1.82, 2.24) is 0 Å². The molecule has 1 fully saturated rings. The lowest BCUT2D eigenvalue weighted by atomic mass is 9.90. The van der Waals surface area contributed by atoms with Gasteiger partial charge in [0.05, 0.1) is 18.8 Å². The summed E-state index contributed by atoms with van der Waals surface area (Å²) < 4.78 is 11.5. The molecule has 1 aliphatic rings. The lowest BCUT2D eigenvalue weighted by Crippen LogP contribution is -2.20. The Morgan fingerprint density at radius 2 is 1.76 bits per heavy atom. The Kier molecular flexibility index (Phi) is 6.52. The van der Waals surface area contributed by atoms with E-state index in [0.29, 0.717) is 6.61 Å². The molecule has 0 bridgehead atoms. The summed E-state index contributed by atoms with van der Waals surface area (Å²) in [7, 11) is 0. The average molecular weight is 291 g/mol. The summed E-state index contributed by atoms with van der Waals surface area (Å²) in [5.74, 6) is 1.64. The maximum atomic E-state index is 6.20. The van der Waals surface area contributed by atoms with Crippen molar-refractivity contribution in [2.45, 2.75) is 58.1 Å². The van der Waals surface area contributed by atoms with Crippen LogP contribution >= 0.6 is 0 Å². The molecule has 0 radical (unpaired) electrons. The van der Waals surface area contributed by atoms with Crippen LogP contribution < -0.4 is 10.5 Å². The second-order valence-electron chi connectivity index (χ2n) is 6.38. The van der Waals surface area contributed by atoms with Crippen LogP contribution in [0.1, 0.15) is 57.6 Å². The summed E-state index contributed by atoms with van der Waals surface area (Å²) >= 11 is 0. The van der Waals surface area contributed by atoms with Crippen molar-refractivity contribution in [2.24, 2.45) is 11.7 Å². The molecular weight excluding hydrogens is 262 g/mol. The third-order valence-electron chi connectivity index (χ3n) is 4.06. The molecule has 0 aliphatic heterocycles. The SMILES string of the molecule is CC(C)Oc1ccc(C(N)COCC2CCCCC2)cc1. The third-order valence-corrected chi connectivity index (χ3v) is 4.06. The fourth-order valence-corrected chi connectivity index (χ4v) is 2.88. The Morgan fingerprint density at radius 1 is 1.10 bits per heavy atom. The second kappa shape index (κ2) is 8.40. The van der Waals surface area contributed by atoms with E-state index in [1.54, 1.807) is 0 Å². The Morgan fingerprint density at radius 3 is 2.38 bits per heavy atom. The Labute approximate surface area is 128 Å². The molecule has 0 saturated heterocycles. The summed E-state index contributed by atoms with van der Waals surface area (Å²) in [6, 6.07) is 7.98. The first-order valence-corrected chi connectivity index (χ1v) is 8.25. The van der Waals surface area contributed by atoms with E-state index < -0.39 is 0 Å². The number of benzene rings is 1. The molecule has 2 N–H and O–H groups in total. The van der Waals surface area contributed by atoms with E-state index in [9.17, 15) is 0 Å². The zero-order chi connectivity index (χ0) is 15.1. The van der Waals surface area contributed by atoms with Crippen LogP contribution in [0.3, 0.4) is 0 Å². The van der Waals surface area contributed by atoms with E-state index >= 15 is 0 Å². The van der Waals surface area contributed by atoms with E-state index in [1.807, 2.05) is 38.1 Å². The van der Waals surface area contributed by atoms with Gasteiger partial charge in [0.25, 0.3) is 0 Å². The van der Waals surface area contributed by atoms with Gasteiger partial charge in [-0.15, -0.1) is 0 Å². The highest BCUT2D eigenvalue weighted by Crippen LogP contribution is 2.24. The van der Waals surface area contributed by atoms with Crippen LogP contribution in [0.2, 0.25) is 0 Å². The maximum absolute atomic E-state index is 6.20. The monoisotopic (exact) mass is 291 g/mol. The first kappa shape index (κ1) is 16.3. The van der Waals surface area contributed by atoms with Gasteiger partial charge in [0.15, 0.2) is 0 Å². The van der Waals surface area contributed by atoms with Crippen molar-refractivity contribution in [1.29, 1.82) is 0 Å². The zero-order valence-electron chi connectivity index (χ0n) is 13.4. The van der Waals surface area contributed by atoms with Crippen LogP contribution in [0, 0.1) is 5.92 Å². The lowest BCUT2D eigenvalue weighted by molar-refractivity contribution is 0.0759. The molecule has 1 aromatic rings. The van der Waals surface area contributed by atoms with E-state index in [-0.39, 0.29) is 12.1 Å². The molecule has 1 atom stereocenters. The molecule has 0 heterocycles. The zero-order valence-corrected chi connectivity index (χ0v) is 13.4. The molecule has 118 valence electrons. The maximum Gasteiger partial charge on any atom is 0.119 e. The molecule has 1 aliphatic carbocycles. The number of hydrogen-bond acceptors (Lipinski definition) is 3. The number of nitrogens with two attached hydrogens (primary N) is 1. The van der Waals surface area contributed by atoms with Gasteiger partial charge in [-0.3, -0.25) is 0 Å². The molecule has 1 saturated carbocycles. The van der Waals surface area contributed by atoms with Crippen molar-refractivity contribution >= 4 is 0 Å². The van der Waals surface area contributed by atoms with Gasteiger partial charge in [-0.25, -0.2) is 0 Å². The highest BCUT2D eigenvalue weighted by molar-refractivity contribution is 5.29. The molecule has 2 rings (SSSR count). The number of ether oxygens (including phenoxy) is 2. The lowest BCUT2D eigenvalue weighted by Gasteiger charge is -2.22. The van der Waals surface area contributed by atoms with Crippen LogP contribution in [0.15, 0.2) is 24.3 Å². The molecule has 1 unspecified atom stereocenters. The quantitative estimate of drug-likeness (QED) is 0.823. The van der Waals surface area contributed by atoms with Gasteiger partial charge in [0, 0.05) is 6.61 Å². The minimum atomic E-state index is -0.0540. The van der Waals surface area contributed by atoms with Crippen LogP contribution in [-0.2, 0) is 4.74 Å². The van der Waals surface area contributed by atoms with Crippen LogP contribution in [-0.4, -0.2) is 19.3 Å². The van der Waals surface area contributed by atoms with Gasteiger partial charge < -0.3 is 15.2 Å². The molecule has 0 spiro atoms. The fraction of sp³-hybridized carbons (Fsp3) is 0.667. The molecule has 0 amide bonds. The van der Waals surface area contributed by atoms with E-state index in [1.165, 1.54) is 32.1 Å². The van der Waals surface area contributed by atoms with Gasteiger partial charge in [-0.2, -0.15) is 0 Å². The Hall–Kier alpha value is -1.06. The van der Waals surface area contributed by atoms with Gasteiger partial charge in [0.2, 0.25) is 0 Å². The third kappa shape index (κ3) is 5.68. The summed E-state index contributed by atoms with van der Waals surface area (Å²) in [4.78, 5) is 0. The topological polar surface area (TPSA) is 44.5 Å². The van der Waals surface area contributed by atoms with Crippen LogP contribution in [0.4, 0.5) is 0 Å². The van der Waals surface area contributed by atoms with Crippen molar-refractivity contribution in [3.63, 3.8) is 0 Å². The van der Waals surface area contributed by atoms with Crippen molar-refractivity contribution < 1.29 is 9.47 Å². The van der Waals surface area contributed by atoms with E-state index in [0.717, 1.165) is 23.8 Å². The first-order valence-electron chi connectivity index (χ1n) is 8.25. The van der Waals surface area contributed by atoms with Gasteiger partial charge in [0.1, 0.15) is 5.75 Å². The van der Waals surface area contributed by atoms with Crippen molar-refractivity contribution in [2.75, 3.05) is 13.2 Å². The highest BCUT2D eigenvalue weighted by Gasteiger charge is 2.14. The highest BCUT2D eigenvalue weighted by atomic mass is 16.5. The van der Waals surface area contributed by atoms with Crippen molar-refractivity contribution in [3.8, 4) is 5.75 Å². The Bertz CT molecular complexity index is 396. The molecule has 0 aromatic heterocycles. The standard InChI is InChI=1S/C18H29NO2/c1-14(2)21-17-10-8-16(9-11-17)18(19)13-20-12-15-6-4-3-5-7-15/h8-11,14-15,18H,3-7,12-13,19H2,1-2H3. The molecule has 3 heteroatoms. The molecule has 1 aromatic carbocycles. The van der Waals surface area contributed by atoms with Gasteiger partial charge in [-0.1, -0.05) is 31.4 Å². The molecule has 3 nitrogen and oxygen atoms in total. The van der Waals surface area contributed by atoms with Crippen LogP contribution in [0.25, 0.3) is 0 Å². The van der Waals surface area contributed by atoms with E-state index in [4.69, 9.17) is 15.2 Å². The summed E-state index contributed by atoms with van der Waals surface area (Å²) in [5.41, 5.74) is 7.30. The number of hydrogen-bond donors (Lipinski definition) is 1. The molecular formula is C18H29NO2.